The van der Waals surface area contributed by atoms with E-state index in [1.54, 1.807) is 23.1 Å². The highest BCUT2D eigenvalue weighted by Crippen LogP contribution is 2.27. The lowest BCUT2D eigenvalue weighted by atomic mass is 10.0. The first-order valence-corrected chi connectivity index (χ1v) is 7.48. The molecule has 0 atom stereocenters. The normalized spacial score (nSPS) is 13.8. The molecule has 0 fully saturated rings. The molecule has 0 radical (unpaired) electrons. The maximum atomic E-state index is 12.5. The van der Waals surface area contributed by atoms with Crippen molar-refractivity contribution in [2.75, 3.05) is 11.4 Å². The van der Waals surface area contributed by atoms with Gasteiger partial charge >= 0.3 is 0 Å². The van der Waals surface area contributed by atoms with E-state index >= 15 is 0 Å². The largest absolute Gasteiger partial charge is 0.309 e. The topological polar surface area (TPSA) is 63.4 Å². The molecule has 1 aliphatic rings. The molecule has 1 amide bonds. The molecule has 0 aliphatic carbocycles. The predicted octanol–water partition coefficient (Wildman–Crippen LogP) is 3.59. The Morgan fingerprint density at radius 1 is 1.13 bits per heavy atom. The summed E-state index contributed by atoms with van der Waals surface area (Å²) in [5.74, 6) is -0.157. The van der Waals surface area contributed by atoms with E-state index in [4.69, 9.17) is 0 Å². The van der Waals surface area contributed by atoms with Gasteiger partial charge in [0.25, 0.3) is 11.6 Å². The molecule has 3 rings (SSSR count). The minimum atomic E-state index is -0.444. The molecule has 0 unspecified atom stereocenters. The van der Waals surface area contributed by atoms with Gasteiger partial charge in [0.1, 0.15) is 0 Å². The molecule has 1 aliphatic heterocycles. The average Bonchev–Trinajstić information content (AvgIpc) is 2.59. The number of hydrogen-bond acceptors (Lipinski definition) is 3. The molecule has 0 bridgehead atoms. The van der Waals surface area contributed by atoms with Crippen molar-refractivity contribution >= 4 is 23.4 Å². The van der Waals surface area contributed by atoms with Crippen LogP contribution in [0.3, 0.4) is 0 Å². The number of hydrogen-bond donors (Lipinski definition) is 0. The van der Waals surface area contributed by atoms with Gasteiger partial charge in [0.05, 0.1) is 10.5 Å². The van der Waals surface area contributed by atoms with Crippen LogP contribution < -0.4 is 4.90 Å². The van der Waals surface area contributed by atoms with E-state index in [0.717, 1.165) is 24.1 Å². The molecule has 1 heterocycles. The zero-order valence-corrected chi connectivity index (χ0v) is 12.5. The lowest BCUT2D eigenvalue weighted by molar-refractivity contribution is -0.385. The first-order chi connectivity index (χ1) is 11.2. The van der Waals surface area contributed by atoms with Crippen LogP contribution in [0.1, 0.15) is 17.5 Å². The molecular weight excluding hydrogens is 292 g/mol. The quantitative estimate of drug-likeness (QED) is 0.494. The third-order valence-corrected chi connectivity index (χ3v) is 3.92. The average molecular weight is 308 g/mol. The summed E-state index contributed by atoms with van der Waals surface area (Å²) in [6, 6.07) is 14.2. The van der Waals surface area contributed by atoms with Crippen molar-refractivity contribution < 1.29 is 9.72 Å². The van der Waals surface area contributed by atoms with Crippen LogP contribution in [0.5, 0.6) is 0 Å². The number of para-hydroxylation sites is 2. The smallest absolute Gasteiger partial charge is 0.276 e. The van der Waals surface area contributed by atoms with E-state index in [9.17, 15) is 14.9 Å². The second-order valence-electron chi connectivity index (χ2n) is 5.37. The zero-order valence-electron chi connectivity index (χ0n) is 12.5. The van der Waals surface area contributed by atoms with Crippen LogP contribution in [0.25, 0.3) is 6.08 Å². The van der Waals surface area contributed by atoms with E-state index in [1.807, 2.05) is 24.3 Å². The third kappa shape index (κ3) is 3.13. The maximum Gasteiger partial charge on any atom is 0.276 e. The second kappa shape index (κ2) is 6.44. The number of aryl methyl sites for hydroxylation is 1. The number of nitro benzene ring substituents is 1. The second-order valence-corrected chi connectivity index (χ2v) is 5.37. The highest BCUT2D eigenvalue weighted by Gasteiger charge is 2.20. The van der Waals surface area contributed by atoms with Crippen LogP contribution in [0.15, 0.2) is 54.6 Å². The molecule has 0 N–H and O–H groups in total. The van der Waals surface area contributed by atoms with Crippen LogP contribution in [-0.2, 0) is 11.2 Å². The molecule has 116 valence electrons. The highest BCUT2D eigenvalue weighted by molar-refractivity contribution is 6.04. The summed E-state index contributed by atoms with van der Waals surface area (Å²) >= 11 is 0. The van der Waals surface area contributed by atoms with Crippen molar-refractivity contribution in [1.82, 2.24) is 0 Å². The van der Waals surface area contributed by atoms with Crippen LogP contribution in [0, 0.1) is 10.1 Å². The molecule has 0 saturated heterocycles. The van der Waals surface area contributed by atoms with Gasteiger partial charge in [-0.1, -0.05) is 30.3 Å². The molecule has 23 heavy (non-hydrogen) atoms. The number of nitrogens with zero attached hydrogens (tertiary/aromatic N) is 2. The Labute approximate surface area is 134 Å². The van der Waals surface area contributed by atoms with Gasteiger partial charge in [-0.25, -0.2) is 0 Å². The standard InChI is InChI=1S/C18H16N2O3/c21-18(12-11-15-7-2-4-10-17(15)20(22)23)19-13-5-8-14-6-1-3-9-16(14)19/h1-4,6-7,9-12H,5,8,13H2. The summed E-state index contributed by atoms with van der Waals surface area (Å²) in [4.78, 5) is 24.8. The Morgan fingerprint density at radius 2 is 1.87 bits per heavy atom. The summed E-state index contributed by atoms with van der Waals surface area (Å²) in [5, 5.41) is 11.0. The van der Waals surface area contributed by atoms with Crippen molar-refractivity contribution in [3.63, 3.8) is 0 Å². The minimum absolute atomic E-state index is 0.00408. The molecular formula is C18H16N2O3. The number of anilines is 1. The van der Waals surface area contributed by atoms with E-state index in [1.165, 1.54) is 18.2 Å². The number of rotatable bonds is 3. The lowest BCUT2D eigenvalue weighted by Gasteiger charge is -2.28. The number of fused-ring (bicyclic) bond motifs is 1. The summed E-state index contributed by atoms with van der Waals surface area (Å²) in [5.41, 5.74) is 2.51. The van der Waals surface area contributed by atoms with Gasteiger partial charge in [-0.3, -0.25) is 14.9 Å². The Hall–Kier alpha value is -2.95. The SMILES string of the molecule is O=C(C=Cc1ccccc1[N+](=O)[O-])N1CCCc2ccccc21. The number of benzene rings is 2. The van der Waals surface area contributed by atoms with Crippen molar-refractivity contribution in [3.8, 4) is 0 Å². The molecule has 5 heteroatoms. The van der Waals surface area contributed by atoms with E-state index < -0.39 is 4.92 Å². The monoisotopic (exact) mass is 308 g/mol. The van der Waals surface area contributed by atoms with Gasteiger partial charge in [0.2, 0.25) is 0 Å². The highest BCUT2D eigenvalue weighted by atomic mass is 16.6. The fourth-order valence-electron chi connectivity index (χ4n) is 2.81. The van der Waals surface area contributed by atoms with Crippen molar-refractivity contribution in [2.45, 2.75) is 12.8 Å². The summed E-state index contributed by atoms with van der Waals surface area (Å²) in [6.07, 6.45) is 4.80. The molecule has 0 spiro atoms. The van der Waals surface area contributed by atoms with Crippen LogP contribution >= 0.6 is 0 Å². The van der Waals surface area contributed by atoms with Gasteiger partial charge in [-0.05, 0) is 36.6 Å². The summed E-state index contributed by atoms with van der Waals surface area (Å²) in [7, 11) is 0. The van der Waals surface area contributed by atoms with E-state index in [0.29, 0.717) is 12.1 Å². The first-order valence-electron chi connectivity index (χ1n) is 7.48. The van der Waals surface area contributed by atoms with Crippen molar-refractivity contribution in [3.05, 3.63) is 75.8 Å². The molecule has 0 saturated carbocycles. The number of nitro groups is 1. The van der Waals surface area contributed by atoms with Crippen LogP contribution in [0.4, 0.5) is 11.4 Å². The minimum Gasteiger partial charge on any atom is -0.309 e. The van der Waals surface area contributed by atoms with Gasteiger partial charge in [0, 0.05) is 24.4 Å². The van der Waals surface area contributed by atoms with E-state index in [-0.39, 0.29) is 11.6 Å². The third-order valence-electron chi connectivity index (χ3n) is 3.92. The fraction of sp³-hybridized carbons (Fsp3) is 0.167. The lowest BCUT2D eigenvalue weighted by Crippen LogP contribution is -2.34. The zero-order chi connectivity index (χ0) is 16.2. The Morgan fingerprint density at radius 3 is 2.70 bits per heavy atom. The molecule has 2 aromatic rings. The summed E-state index contributed by atoms with van der Waals surface area (Å²) < 4.78 is 0. The van der Waals surface area contributed by atoms with Gasteiger partial charge in [-0.2, -0.15) is 0 Å². The number of carbonyl (C=O) groups excluding carboxylic acids is 1. The van der Waals surface area contributed by atoms with Gasteiger partial charge < -0.3 is 4.90 Å². The van der Waals surface area contributed by atoms with Crippen molar-refractivity contribution in [2.24, 2.45) is 0 Å². The predicted molar refractivity (Wildman–Crippen MR) is 89.2 cm³/mol. The molecule has 2 aromatic carbocycles. The molecule has 5 nitrogen and oxygen atoms in total. The molecule has 0 aromatic heterocycles. The Kier molecular flexibility index (Phi) is 4.19. The maximum absolute atomic E-state index is 12.5. The van der Waals surface area contributed by atoms with Gasteiger partial charge in [-0.15, -0.1) is 0 Å². The van der Waals surface area contributed by atoms with Crippen molar-refractivity contribution in [1.29, 1.82) is 0 Å². The fourth-order valence-corrected chi connectivity index (χ4v) is 2.81. The van der Waals surface area contributed by atoms with E-state index in [2.05, 4.69) is 0 Å². The summed E-state index contributed by atoms with van der Waals surface area (Å²) in [6.45, 7) is 0.664. The van der Waals surface area contributed by atoms with Gasteiger partial charge in [0.15, 0.2) is 0 Å². The first kappa shape index (κ1) is 15.0. The number of carbonyl (C=O) groups is 1. The van der Waals surface area contributed by atoms with Crippen LogP contribution in [-0.4, -0.2) is 17.4 Å². The Balaban J connectivity index is 1.85. The Bertz CT molecular complexity index is 783. The number of amides is 1. The van der Waals surface area contributed by atoms with Crippen LogP contribution in [0.2, 0.25) is 0 Å².